The van der Waals surface area contributed by atoms with Crippen molar-refractivity contribution in [1.82, 2.24) is 9.80 Å². The molecule has 2 saturated heterocycles. The van der Waals surface area contributed by atoms with Crippen LogP contribution in [0.5, 0.6) is 0 Å². The summed E-state index contributed by atoms with van der Waals surface area (Å²) >= 11 is 0. The number of rotatable bonds is 3. The molecule has 114 valence electrons. The molecule has 0 saturated carbocycles. The predicted molar refractivity (Wildman–Crippen MR) is 78.8 cm³/mol. The maximum atomic E-state index is 11.9. The third kappa shape index (κ3) is 3.36. The second kappa shape index (κ2) is 5.66. The topological polar surface area (TPSA) is 53.0 Å². The Hall–Kier alpha value is -1.59. The molecule has 1 aromatic rings. The number of hydrogen-bond donors (Lipinski definition) is 1. The van der Waals surface area contributed by atoms with E-state index in [1.807, 2.05) is 37.3 Å². The molecular formula is C16H22N2O3. The highest BCUT2D eigenvalue weighted by molar-refractivity contribution is 5.68. The largest absolute Gasteiger partial charge is 0.445 e. The average molecular weight is 290 g/mol. The van der Waals surface area contributed by atoms with Gasteiger partial charge in [-0.1, -0.05) is 30.3 Å². The SMILES string of the molecule is C[C@]1(O)CCN(C2CN(C(=O)OCc3ccccc3)C2)C1. The lowest BCUT2D eigenvalue weighted by atomic mass is 10.1. The molecule has 0 radical (unpaired) electrons. The van der Waals surface area contributed by atoms with E-state index in [0.717, 1.165) is 18.5 Å². The standard InChI is InChI=1S/C16H22N2O3/c1-16(20)7-8-17(12-16)14-9-18(10-14)15(19)21-11-13-5-3-2-4-6-13/h2-6,14,20H,7-12H2,1H3/t16-/m0/s1. The highest BCUT2D eigenvalue weighted by Gasteiger charge is 2.41. The third-order valence-corrected chi connectivity index (χ3v) is 4.32. The van der Waals surface area contributed by atoms with Gasteiger partial charge in [0.05, 0.1) is 5.60 Å². The number of hydrogen-bond acceptors (Lipinski definition) is 4. The molecule has 0 bridgehead atoms. The van der Waals surface area contributed by atoms with Gasteiger partial charge in [-0.05, 0) is 18.9 Å². The van der Waals surface area contributed by atoms with E-state index in [1.165, 1.54) is 0 Å². The fourth-order valence-electron chi connectivity index (χ4n) is 2.94. The Morgan fingerprint density at radius 1 is 1.38 bits per heavy atom. The van der Waals surface area contributed by atoms with Crippen LogP contribution in [0.15, 0.2) is 30.3 Å². The van der Waals surface area contributed by atoms with Gasteiger partial charge < -0.3 is 14.7 Å². The maximum absolute atomic E-state index is 11.9. The van der Waals surface area contributed by atoms with Crippen LogP contribution in [0.4, 0.5) is 4.79 Å². The highest BCUT2D eigenvalue weighted by Crippen LogP contribution is 2.26. The van der Waals surface area contributed by atoms with E-state index in [2.05, 4.69) is 4.90 Å². The Morgan fingerprint density at radius 3 is 2.71 bits per heavy atom. The first kappa shape index (κ1) is 14.4. The number of likely N-dealkylation sites (tertiary alicyclic amines) is 2. The van der Waals surface area contributed by atoms with Crippen molar-refractivity contribution in [2.24, 2.45) is 0 Å². The highest BCUT2D eigenvalue weighted by atomic mass is 16.6. The summed E-state index contributed by atoms with van der Waals surface area (Å²) in [5.41, 5.74) is 0.423. The minimum absolute atomic E-state index is 0.249. The molecular weight excluding hydrogens is 268 g/mol. The second-order valence-electron chi connectivity index (χ2n) is 6.32. The van der Waals surface area contributed by atoms with E-state index in [1.54, 1.807) is 4.90 Å². The molecule has 21 heavy (non-hydrogen) atoms. The zero-order valence-corrected chi connectivity index (χ0v) is 12.4. The van der Waals surface area contributed by atoms with Crippen LogP contribution in [0.1, 0.15) is 18.9 Å². The molecule has 1 N–H and O–H groups in total. The van der Waals surface area contributed by atoms with Crippen LogP contribution in [0.3, 0.4) is 0 Å². The summed E-state index contributed by atoms with van der Waals surface area (Å²) in [6.45, 7) is 5.19. The van der Waals surface area contributed by atoms with Crippen molar-refractivity contribution in [2.75, 3.05) is 26.2 Å². The molecule has 1 amide bonds. The molecule has 1 aromatic carbocycles. The molecule has 0 aliphatic carbocycles. The molecule has 3 rings (SSSR count). The van der Waals surface area contributed by atoms with Gasteiger partial charge in [0.15, 0.2) is 0 Å². The van der Waals surface area contributed by atoms with Gasteiger partial charge in [-0.2, -0.15) is 0 Å². The minimum Gasteiger partial charge on any atom is -0.445 e. The van der Waals surface area contributed by atoms with Gasteiger partial charge in [0.25, 0.3) is 0 Å². The third-order valence-electron chi connectivity index (χ3n) is 4.32. The summed E-state index contributed by atoms with van der Waals surface area (Å²) in [6, 6.07) is 10.1. The van der Waals surface area contributed by atoms with Crippen LogP contribution in [-0.4, -0.2) is 58.8 Å². The molecule has 2 aliphatic heterocycles. The number of carbonyl (C=O) groups is 1. The smallest absolute Gasteiger partial charge is 0.410 e. The van der Waals surface area contributed by atoms with E-state index in [9.17, 15) is 9.90 Å². The Balaban J connectivity index is 1.41. The molecule has 2 aliphatic rings. The second-order valence-corrected chi connectivity index (χ2v) is 6.32. The maximum Gasteiger partial charge on any atom is 0.410 e. The summed E-state index contributed by atoms with van der Waals surface area (Å²) in [7, 11) is 0. The molecule has 5 heteroatoms. The van der Waals surface area contributed by atoms with Crippen LogP contribution < -0.4 is 0 Å². The molecule has 2 fully saturated rings. The quantitative estimate of drug-likeness (QED) is 0.916. The van der Waals surface area contributed by atoms with Crippen molar-refractivity contribution >= 4 is 6.09 Å². The van der Waals surface area contributed by atoms with Crippen LogP contribution in [0.25, 0.3) is 0 Å². The molecule has 5 nitrogen and oxygen atoms in total. The molecule has 1 atom stereocenters. The van der Waals surface area contributed by atoms with E-state index in [-0.39, 0.29) is 6.09 Å². The van der Waals surface area contributed by atoms with E-state index in [4.69, 9.17) is 4.74 Å². The first-order valence-corrected chi connectivity index (χ1v) is 7.46. The summed E-state index contributed by atoms with van der Waals surface area (Å²) in [5.74, 6) is 0. The summed E-state index contributed by atoms with van der Waals surface area (Å²) in [6.07, 6.45) is 0.558. The summed E-state index contributed by atoms with van der Waals surface area (Å²) in [5, 5.41) is 9.97. The molecule has 0 spiro atoms. The monoisotopic (exact) mass is 290 g/mol. The van der Waals surface area contributed by atoms with E-state index >= 15 is 0 Å². The van der Waals surface area contributed by atoms with Crippen molar-refractivity contribution in [2.45, 2.75) is 31.6 Å². The Labute approximate surface area is 125 Å². The zero-order chi connectivity index (χ0) is 14.9. The van der Waals surface area contributed by atoms with Crippen LogP contribution in [-0.2, 0) is 11.3 Å². The lowest BCUT2D eigenvalue weighted by molar-refractivity contribution is 0.0114. The van der Waals surface area contributed by atoms with Crippen molar-refractivity contribution in [3.05, 3.63) is 35.9 Å². The van der Waals surface area contributed by atoms with Gasteiger partial charge in [0.2, 0.25) is 0 Å². The number of nitrogens with zero attached hydrogens (tertiary/aromatic N) is 2. The Bertz CT molecular complexity index is 498. The van der Waals surface area contributed by atoms with Crippen LogP contribution in [0, 0.1) is 0 Å². The zero-order valence-electron chi connectivity index (χ0n) is 12.4. The minimum atomic E-state index is -0.575. The number of aliphatic hydroxyl groups is 1. The van der Waals surface area contributed by atoms with Gasteiger partial charge in [-0.15, -0.1) is 0 Å². The lowest BCUT2D eigenvalue weighted by Gasteiger charge is -2.43. The Kier molecular flexibility index (Phi) is 3.87. The van der Waals surface area contributed by atoms with Gasteiger partial charge in [0, 0.05) is 32.2 Å². The average Bonchev–Trinajstić information content (AvgIpc) is 2.76. The van der Waals surface area contributed by atoms with E-state index < -0.39 is 5.60 Å². The number of ether oxygens (including phenoxy) is 1. The summed E-state index contributed by atoms with van der Waals surface area (Å²) in [4.78, 5) is 15.9. The Morgan fingerprint density at radius 2 is 2.10 bits per heavy atom. The van der Waals surface area contributed by atoms with Gasteiger partial charge in [-0.25, -0.2) is 4.79 Å². The van der Waals surface area contributed by atoms with Crippen molar-refractivity contribution < 1.29 is 14.6 Å². The molecule has 2 heterocycles. The van der Waals surface area contributed by atoms with Crippen LogP contribution in [0.2, 0.25) is 0 Å². The normalized spacial score (nSPS) is 26.7. The van der Waals surface area contributed by atoms with Crippen molar-refractivity contribution in [3.63, 3.8) is 0 Å². The van der Waals surface area contributed by atoms with Gasteiger partial charge in [-0.3, -0.25) is 4.90 Å². The molecule has 0 aromatic heterocycles. The fourth-order valence-corrected chi connectivity index (χ4v) is 2.94. The molecule has 0 unspecified atom stereocenters. The van der Waals surface area contributed by atoms with Crippen molar-refractivity contribution in [1.29, 1.82) is 0 Å². The summed E-state index contributed by atoms with van der Waals surface area (Å²) < 4.78 is 5.30. The number of β-amino-alcohol motifs (C(OH)–C–C–N with tert-alkyl or cyclic N) is 1. The van der Waals surface area contributed by atoms with E-state index in [0.29, 0.717) is 32.3 Å². The number of amides is 1. The predicted octanol–water partition coefficient (Wildman–Crippen LogP) is 1.46. The first-order chi connectivity index (χ1) is 10.0. The number of benzene rings is 1. The number of carbonyl (C=O) groups excluding carboxylic acids is 1. The first-order valence-electron chi connectivity index (χ1n) is 7.46. The lowest BCUT2D eigenvalue weighted by Crippen LogP contribution is -2.61. The fraction of sp³-hybridized carbons (Fsp3) is 0.562. The van der Waals surface area contributed by atoms with Crippen molar-refractivity contribution in [3.8, 4) is 0 Å². The van der Waals surface area contributed by atoms with Gasteiger partial charge >= 0.3 is 6.09 Å². The van der Waals surface area contributed by atoms with Gasteiger partial charge in [0.1, 0.15) is 6.61 Å². The van der Waals surface area contributed by atoms with Crippen LogP contribution >= 0.6 is 0 Å².